The summed E-state index contributed by atoms with van der Waals surface area (Å²) in [6, 6.07) is 28.0. The van der Waals surface area contributed by atoms with Crippen molar-refractivity contribution < 1.29 is 14.7 Å². The van der Waals surface area contributed by atoms with Crippen molar-refractivity contribution in [1.82, 2.24) is 5.32 Å². The Morgan fingerprint density at radius 2 is 1.67 bits per heavy atom. The Balaban J connectivity index is 1.82. The number of carboxylic acid groups (broad SMARTS) is 1. The van der Waals surface area contributed by atoms with Crippen LogP contribution in [0.3, 0.4) is 0 Å². The molecule has 2 N–H and O–H groups in total. The van der Waals surface area contributed by atoms with Gasteiger partial charge in [0.2, 0.25) is 0 Å². The summed E-state index contributed by atoms with van der Waals surface area (Å²) in [6.45, 7) is 4.33. The fourth-order valence-corrected chi connectivity index (χ4v) is 5.50. The Kier molecular flexibility index (Phi) is 9.01. The molecular weight excluding hydrogens is 508 g/mol. The zero-order chi connectivity index (χ0) is 27.9. The molecule has 4 rings (SSSR count). The summed E-state index contributed by atoms with van der Waals surface area (Å²) >= 11 is 6.27. The summed E-state index contributed by atoms with van der Waals surface area (Å²) in [5.74, 6) is -1.17. The number of hydrogen-bond acceptors (Lipinski definition) is 3. The van der Waals surface area contributed by atoms with E-state index in [-0.39, 0.29) is 30.7 Å². The van der Waals surface area contributed by atoms with E-state index in [1.165, 1.54) is 0 Å². The zero-order valence-electron chi connectivity index (χ0n) is 22.1. The second-order valence-electron chi connectivity index (χ2n) is 9.76. The highest BCUT2D eigenvalue weighted by atomic mass is 35.5. The highest BCUT2D eigenvalue weighted by molar-refractivity contribution is 6.30. The molecule has 0 heterocycles. The molecule has 2 atom stereocenters. The molecule has 0 aromatic heterocycles. The first-order chi connectivity index (χ1) is 18.8. The number of carbonyl (C=O) groups excluding carboxylic acids is 1. The maximum absolute atomic E-state index is 12.5. The van der Waals surface area contributed by atoms with E-state index < -0.39 is 5.97 Å². The summed E-state index contributed by atoms with van der Waals surface area (Å²) in [5, 5.41) is 24.0. The van der Waals surface area contributed by atoms with Crippen LogP contribution in [0.1, 0.15) is 76.2 Å². The molecule has 1 amide bonds. The lowest BCUT2D eigenvalue weighted by Crippen LogP contribution is -2.26. The van der Waals surface area contributed by atoms with Gasteiger partial charge in [0.1, 0.15) is 0 Å². The monoisotopic (exact) mass is 538 g/mol. The van der Waals surface area contributed by atoms with Gasteiger partial charge < -0.3 is 10.4 Å². The number of nitriles is 1. The van der Waals surface area contributed by atoms with E-state index in [1.807, 2.05) is 48.5 Å². The molecule has 0 saturated heterocycles. The molecule has 0 aliphatic rings. The summed E-state index contributed by atoms with van der Waals surface area (Å²) in [5.41, 5.74) is 5.63. The Morgan fingerprint density at radius 1 is 0.974 bits per heavy atom. The summed E-state index contributed by atoms with van der Waals surface area (Å²) < 4.78 is 0. The third-order valence-corrected chi connectivity index (χ3v) is 7.45. The number of aryl methyl sites for hydroxylation is 1. The Morgan fingerprint density at radius 3 is 2.31 bits per heavy atom. The minimum Gasteiger partial charge on any atom is -0.481 e. The highest BCUT2D eigenvalue weighted by Gasteiger charge is 2.28. The van der Waals surface area contributed by atoms with Crippen molar-refractivity contribution in [2.24, 2.45) is 0 Å². The zero-order valence-corrected chi connectivity index (χ0v) is 22.8. The normalized spacial score (nSPS) is 12.5. The van der Waals surface area contributed by atoms with Gasteiger partial charge >= 0.3 is 5.97 Å². The van der Waals surface area contributed by atoms with Crippen LogP contribution >= 0.6 is 11.6 Å². The summed E-state index contributed by atoms with van der Waals surface area (Å²) in [6.07, 6.45) is 1.74. The SMILES string of the molecule is CCCC(c1ccc(C(=O)NCCC(=O)O)cc1)C(c1ccc(Cl)cc1)c1cccc2c(C#N)ccc(C)c12. The van der Waals surface area contributed by atoms with E-state index in [0.717, 1.165) is 45.9 Å². The smallest absolute Gasteiger partial charge is 0.305 e. The van der Waals surface area contributed by atoms with Gasteiger partial charge in [-0.1, -0.05) is 73.5 Å². The molecule has 0 saturated carbocycles. The van der Waals surface area contributed by atoms with Gasteiger partial charge in [0.15, 0.2) is 0 Å². The van der Waals surface area contributed by atoms with Crippen molar-refractivity contribution >= 4 is 34.2 Å². The lowest BCUT2D eigenvalue weighted by Gasteiger charge is -2.30. The van der Waals surface area contributed by atoms with Crippen LogP contribution in [-0.4, -0.2) is 23.5 Å². The molecule has 39 heavy (non-hydrogen) atoms. The number of aliphatic carboxylic acids is 1. The molecule has 0 aliphatic heterocycles. The summed E-state index contributed by atoms with van der Waals surface area (Å²) in [4.78, 5) is 23.3. The number of carbonyl (C=O) groups is 2. The number of amides is 1. The van der Waals surface area contributed by atoms with Crippen LogP contribution in [0.2, 0.25) is 5.02 Å². The topological polar surface area (TPSA) is 90.2 Å². The number of fused-ring (bicyclic) bond motifs is 1. The predicted molar refractivity (Wildman–Crippen MR) is 155 cm³/mol. The molecule has 0 bridgehead atoms. The van der Waals surface area contributed by atoms with E-state index in [4.69, 9.17) is 16.7 Å². The van der Waals surface area contributed by atoms with E-state index in [1.54, 1.807) is 12.1 Å². The number of benzene rings is 4. The second-order valence-corrected chi connectivity index (χ2v) is 10.2. The van der Waals surface area contributed by atoms with Gasteiger partial charge in [-0.2, -0.15) is 5.26 Å². The first-order valence-electron chi connectivity index (χ1n) is 13.1. The fraction of sp³-hybridized carbons (Fsp3) is 0.242. The number of carboxylic acids is 1. The molecule has 198 valence electrons. The number of hydrogen-bond donors (Lipinski definition) is 2. The first kappa shape index (κ1) is 27.9. The lowest BCUT2D eigenvalue weighted by molar-refractivity contribution is -0.136. The standard InChI is InChI=1S/C33H31ClN2O3/c1-3-5-27(22-10-12-24(13-11-22)33(39)36-19-18-30(37)38)32(23-14-16-26(34)17-15-23)29-7-4-6-28-25(20-35)9-8-21(2)31(28)29/h4,6-17,27,32H,3,5,18-19H2,1-2H3,(H,36,39)(H,37,38). The van der Waals surface area contributed by atoms with Crippen molar-refractivity contribution in [3.8, 4) is 6.07 Å². The lowest BCUT2D eigenvalue weighted by atomic mass is 9.73. The van der Waals surface area contributed by atoms with Gasteiger partial charge in [0.25, 0.3) is 5.91 Å². The van der Waals surface area contributed by atoms with Crippen LogP contribution in [-0.2, 0) is 4.79 Å². The average Bonchev–Trinajstić information content (AvgIpc) is 2.94. The predicted octanol–water partition coefficient (Wildman–Crippen LogP) is 7.59. The van der Waals surface area contributed by atoms with Crippen LogP contribution in [0, 0.1) is 18.3 Å². The number of rotatable bonds is 10. The van der Waals surface area contributed by atoms with Gasteiger partial charge in [-0.3, -0.25) is 9.59 Å². The van der Waals surface area contributed by atoms with Crippen LogP contribution in [0.15, 0.2) is 78.9 Å². The van der Waals surface area contributed by atoms with Gasteiger partial charge in [-0.25, -0.2) is 0 Å². The largest absolute Gasteiger partial charge is 0.481 e. The van der Waals surface area contributed by atoms with E-state index in [9.17, 15) is 14.9 Å². The van der Waals surface area contributed by atoms with Crippen molar-refractivity contribution in [2.45, 2.75) is 44.9 Å². The molecule has 4 aromatic carbocycles. The van der Waals surface area contributed by atoms with Crippen molar-refractivity contribution in [3.63, 3.8) is 0 Å². The molecule has 0 radical (unpaired) electrons. The van der Waals surface area contributed by atoms with E-state index >= 15 is 0 Å². The number of nitrogens with one attached hydrogen (secondary N) is 1. The maximum atomic E-state index is 12.5. The molecule has 4 aromatic rings. The molecular formula is C33H31ClN2O3. The van der Waals surface area contributed by atoms with Crippen LogP contribution in [0.25, 0.3) is 10.8 Å². The molecule has 2 unspecified atom stereocenters. The number of halogens is 1. The number of nitrogens with zero attached hydrogens (tertiary/aromatic N) is 1. The van der Waals surface area contributed by atoms with Crippen molar-refractivity contribution in [2.75, 3.05) is 6.54 Å². The van der Waals surface area contributed by atoms with Crippen molar-refractivity contribution in [1.29, 1.82) is 5.26 Å². The molecule has 0 fully saturated rings. The van der Waals surface area contributed by atoms with E-state index in [2.05, 4.69) is 43.4 Å². The Hall–Kier alpha value is -4.14. The maximum Gasteiger partial charge on any atom is 0.305 e. The third-order valence-electron chi connectivity index (χ3n) is 7.19. The van der Waals surface area contributed by atoms with Crippen LogP contribution in [0.4, 0.5) is 0 Å². The van der Waals surface area contributed by atoms with Gasteiger partial charge in [0.05, 0.1) is 18.1 Å². The summed E-state index contributed by atoms with van der Waals surface area (Å²) in [7, 11) is 0. The molecule has 0 spiro atoms. The minimum atomic E-state index is -0.952. The quantitative estimate of drug-likeness (QED) is 0.217. The fourth-order valence-electron chi connectivity index (χ4n) is 5.38. The Labute approximate surface area is 234 Å². The first-order valence-corrected chi connectivity index (χ1v) is 13.5. The van der Waals surface area contributed by atoms with Crippen LogP contribution < -0.4 is 5.32 Å². The van der Waals surface area contributed by atoms with Crippen molar-refractivity contribution in [3.05, 3.63) is 117 Å². The molecule has 6 heteroatoms. The molecule has 5 nitrogen and oxygen atoms in total. The van der Waals surface area contributed by atoms with Gasteiger partial charge in [-0.05, 0) is 82.6 Å². The van der Waals surface area contributed by atoms with Gasteiger partial charge in [-0.15, -0.1) is 0 Å². The Bertz CT molecular complexity index is 1520. The second kappa shape index (κ2) is 12.6. The highest BCUT2D eigenvalue weighted by Crippen LogP contribution is 2.45. The average molecular weight is 539 g/mol. The molecule has 0 aliphatic carbocycles. The van der Waals surface area contributed by atoms with E-state index in [0.29, 0.717) is 16.1 Å². The van der Waals surface area contributed by atoms with Gasteiger partial charge in [0, 0.05) is 23.0 Å². The third kappa shape index (κ3) is 6.30. The minimum absolute atomic E-state index is 0.0196. The van der Waals surface area contributed by atoms with Crippen LogP contribution in [0.5, 0.6) is 0 Å².